The Hall–Kier alpha value is -1.55. The summed E-state index contributed by atoms with van der Waals surface area (Å²) in [5.74, 6) is 0.0713. The molecule has 1 heterocycles. The van der Waals surface area contributed by atoms with Gasteiger partial charge in [-0.3, -0.25) is 4.79 Å². The minimum Gasteiger partial charge on any atom is -0.387 e. The number of carbonyl (C=O) groups excluding carboxylic acids is 1. The van der Waals surface area contributed by atoms with E-state index in [1.54, 1.807) is 0 Å². The predicted octanol–water partition coefficient (Wildman–Crippen LogP) is 1.98. The number of benzene rings is 1. The van der Waals surface area contributed by atoms with Crippen molar-refractivity contribution >= 4 is 11.6 Å². The van der Waals surface area contributed by atoms with Crippen LogP contribution in [0, 0.1) is 0 Å². The van der Waals surface area contributed by atoms with E-state index in [1.165, 1.54) is 0 Å². The van der Waals surface area contributed by atoms with Crippen molar-refractivity contribution in [3.8, 4) is 0 Å². The third kappa shape index (κ3) is 2.64. The van der Waals surface area contributed by atoms with Gasteiger partial charge < -0.3 is 15.0 Å². The highest BCUT2D eigenvalue weighted by atomic mass is 16.5. The number of nitrogens with zero attached hydrogens (tertiary/aromatic N) is 1. The standard InChI is InChI=1S/C14H20N2O2/c1-10-8-16(9-11(2)18-10)14(17)12-6-4-5-7-13(12)15-3/h4-7,10-11,15H,8-9H2,1-3H3. The summed E-state index contributed by atoms with van der Waals surface area (Å²) in [4.78, 5) is 14.4. The van der Waals surface area contributed by atoms with Gasteiger partial charge in [0.2, 0.25) is 0 Å². The van der Waals surface area contributed by atoms with Gasteiger partial charge in [-0.15, -0.1) is 0 Å². The molecule has 4 heteroatoms. The molecule has 0 aromatic heterocycles. The molecule has 2 atom stereocenters. The first kappa shape index (κ1) is 12.9. The van der Waals surface area contributed by atoms with Crippen LogP contribution in [0.1, 0.15) is 24.2 Å². The van der Waals surface area contributed by atoms with E-state index in [1.807, 2.05) is 50.1 Å². The Morgan fingerprint density at radius 2 is 1.89 bits per heavy atom. The van der Waals surface area contributed by atoms with Gasteiger partial charge in [0.1, 0.15) is 0 Å². The van der Waals surface area contributed by atoms with Crippen LogP contribution in [0.15, 0.2) is 24.3 Å². The number of ether oxygens (including phenoxy) is 1. The Labute approximate surface area is 108 Å². The highest BCUT2D eigenvalue weighted by Crippen LogP contribution is 2.19. The quantitative estimate of drug-likeness (QED) is 0.870. The lowest BCUT2D eigenvalue weighted by Gasteiger charge is -2.35. The Morgan fingerprint density at radius 1 is 1.28 bits per heavy atom. The Balaban J connectivity index is 2.20. The van der Waals surface area contributed by atoms with Gasteiger partial charge in [0, 0.05) is 25.8 Å². The first-order valence-electron chi connectivity index (χ1n) is 6.33. The molecule has 0 saturated carbocycles. The molecule has 1 amide bonds. The fourth-order valence-corrected chi connectivity index (χ4v) is 2.40. The molecule has 0 spiro atoms. The number of rotatable bonds is 2. The van der Waals surface area contributed by atoms with Crippen molar-refractivity contribution < 1.29 is 9.53 Å². The lowest BCUT2D eigenvalue weighted by atomic mass is 10.1. The molecule has 1 saturated heterocycles. The smallest absolute Gasteiger partial charge is 0.256 e. The maximum absolute atomic E-state index is 12.5. The molecule has 0 radical (unpaired) electrons. The van der Waals surface area contributed by atoms with Crippen LogP contribution in [0.25, 0.3) is 0 Å². The van der Waals surface area contributed by atoms with E-state index in [9.17, 15) is 4.79 Å². The predicted molar refractivity (Wildman–Crippen MR) is 71.9 cm³/mol. The molecule has 0 aliphatic carbocycles. The maximum atomic E-state index is 12.5. The average Bonchev–Trinajstić information content (AvgIpc) is 2.36. The first-order valence-corrected chi connectivity index (χ1v) is 6.33. The molecule has 2 rings (SSSR count). The number of anilines is 1. The molecule has 4 nitrogen and oxygen atoms in total. The number of hydrogen-bond donors (Lipinski definition) is 1. The monoisotopic (exact) mass is 248 g/mol. The zero-order valence-electron chi connectivity index (χ0n) is 11.1. The van der Waals surface area contributed by atoms with E-state index in [-0.39, 0.29) is 18.1 Å². The van der Waals surface area contributed by atoms with E-state index in [4.69, 9.17) is 4.74 Å². The van der Waals surface area contributed by atoms with Crippen LogP contribution in [-0.4, -0.2) is 43.2 Å². The second kappa shape index (κ2) is 5.40. The van der Waals surface area contributed by atoms with Gasteiger partial charge in [0.25, 0.3) is 5.91 Å². The van der Waals surface area contributed by atoms with Crippen LogP contribution >= 0.6 is 0 Å². The summed E-state index contributed by atoms with van der Waals surface area (Å²) in [6.45, 7) is 5.31. The van der Waals surface area contributed by atoms with Crippen molar-refractivity contribution in [2.24, 2.45) is 0 Å². The van der Waals surface area contributed by atoms with Crippen LogP contribution in [-0.2, 0) is 4.74 Å². The fourth-order valence-electron chi connectivity index (χ4n) is 2.40. The topological polar surface area (TPSA) is 41.6 Å². The van der Waals surface area contributed by atoms with Crippen LogP contribution in [0.2, 0.25) is 0 Å². The lowest BCUT2D eigenvalue weighted by molar-refractivity contribution is -0.0585. The normalized spacial score (nSPS) is 23.8. The van der Waals surface area contributed by atoms with Gasteiger partial charge in [0.05, 0.1) is 17.8 Å². The summed E-state index contributed by atoms with van der Waals surface area (Å²) in [6, 6.07) is 7.59. The van der Waals surface area contributed by atoms with Crippen molar-refractivity contribution in [1.82, 2.24) is 4.90 Å². The third-order valence-corrected chi connectivity index (χ3v) is 3.13. The maximum Gasteiger partial charge on any atom is 0.256 e. The van der Waals surface area contributed by atoms with Gasteiger partial charge in [-0.25, -0.2) is 0 Å². The first-order chi connectivity index (χ1) is 8.61. The van der Waals surface area contributed by atoms with Crippen LogP contribution in [0.5, 0.6) is 0 Å². The van der Waals surface area contributed by atoms with E-state index in [0.29, 0.717) is 13.1 Å². The number of morpholine rings is 1. The zero-order valence-corrected chi connectivity index (χ0v) is 11.1. The molecule has 1 aromatic carbocycles. The van der Waals surface area contributed by atoms with Crippen LogP contribution in [0.3, 0.4) is 0 Å². The fraction of sp³-hybridized carbons (Fsp3) is 0.500. The highest BCUT2D eigenvalue weighted by molar-refractivity contribution is 5.99. The molecule has 0 bridgehead atoms. The molecule has 1 aromatic rings. The summed E-state index contributed by atoms with van der Waals surface area (Å²) < 4.78 is 5.65. The van der Waals surface area contributed by atoms with Crippen molar-refractivity contribution in [1.29, 1.82) is 0 Å². The second-order valence-corrected chi connectivity index (χ2v) is 4.76. The SMILES string of the molecule is CNc1ccccc1C(=O)N1CC(C)OC(C)C1. The summed E-state index contributed by atoms with van der Waals surface area (Å²) in [7, 11) is 1.83. The molecule has 98 valence electrons. The molecule has 1 fully saturated rings. The molecular weight excluding hydrogens is 228 g/mol. The third-order valence-electron chi connectivity index (χ3n) is 3.13. The highest BCUT2D eigenvalue weighted by Gasteiger charge is 2.27. The Morgan fingerprint density at radius 3 is 2.50 bits per heavy atom. The summed E-state index contributed by atoms with van der Waals surface area (Å²) >= 11 is 0. The van der Waals surface area contributed by atoms with E-state index in [2.05, 4.69) is 5.32 Å². The van der Waals surface area contributed by atoms with Gasteiger partial charge in [0.15, 0.2) is 0 Å². The number of carbonyl (C=O) groups is 1. The van der Waals surface area contributed by atoms with Crippen LogP contribution < -0.4 is 5.32 Å². The zero-order chi connectivity index (χ0) is 13.1. The minimum atomic E-state index is 0.0713. The number of amides is 1. The van der Waals surface area contributed by atoms with Gasteiger partial charge in [-0.05, 0) is 26.0 Å². The van der Waals surface area contributed by atoms with Gasteiger partial charge in [-0.1, -0.05) is 12.1 Å². The van der Waals surface area contributed by atoms with Crippen LogP contribution in [0.4, 0.5) is 5.69 Å². The average molecular weight is 248 g/mol. The van der Waals surface area contributed by atoms with E-state index >= 15 is 0 Å². The lowest BCUT2D eigenvalue weighted by Crippen LogP contribution is -2.48. The molecule has 1 aliphatic rings. The van der Waals surface area contributed by atoms with E-state index in [0.717, 1.165) is 11.3 Å². The summed E-state index contributed by atoms with van der Waals surface area (Å²) in [6.07, 6.45) is 0.193. The minimum absolute atomic E-state index is 0.0713. The van der Waals surface area contributed by atoms with Crippen molar-refractivity contribution in [3.05, 3.63) is 29.8 Å². The Kier molecular flexibility index (Phi) is 3.87. The molecule has 1 N–H and O–H groups in total. The number of para-hydroxylation sites is 1. The molecule has 18 heavy (non-hydrogen) atoms. The van der Waals surface area contributed by atoms with Gasteiger partial charge in [-0.2, -0.15) is 0 Å². The summed E-state index contributed by atoms with van der Waals surface area (Å²) in [5.41, 5.74) is 1.59. The largest absolute Gasteiger partial charge is 0.387 e. The van der Waals surface area contributed by atoms with Crippen molar-refractivity contribution in [2.45, 2.75) is 26.1 Å². The Bertz CT molecular complexity index is 424. The van der Waals surface area contributed by atoms with Gasteiger partial charge >= 0.3 is 0 Å². The summed E-state index contributed by atoms with van der Waals surface area (Å²) in [5, 5.41) is 3.06. The van der Waals surface area contributed by atoms with E-state index < -0.39 is 0 Å². The molecule has 1 aliphatic heterocycles. The van der Waals surface area contributed by atoms with Crippen molar-refractivity contribution in [3.63, 3.8) is 0 Å². The molecular formula is C14H20N2O2. The van der Waals surface area contributed by atoms with Crippen molar-refractivity contribution in [2.75, 3.05) is 25.5 Å². The molecule has 2 unspecified atom stereocenters. The number of nitrogens with one attached hydrogen (secondary N) is 1. The second-order valence-electron chi connectivity index (χ2n) is 4.76. The number of hydrogen-bond acceptors (Lipinski definition) is 3.